The second kappa shape index (κ2) is 7.20. The van der Waals surface area contributed by atoms with E-state index in [-0.39, 0.29) is 5.97 Å². The second-order valence-corrected chi connectivity index (χ2v) is 6.24. The van der Waals surface area contributed by atoms with Crippen LogP contribution in [0.25, 0.3) is 0 Å². The van der Waals surface area contributed by atoms with Gasteiger partial charge < -0.3 is 15.0 Å². The van der Waals surface area contributed by atoms with Gasteiger partial charge in [-0.05, 0) is 39.5 Å². The third-order valence-corrected chi connectivity index (χ3v) is 4.72. The van der Waals surface area contributed by atoms with Gasteiger partial charge in [0.2, 0.25) is 0 Å². The summed E-state index contributed by atoms with van der Waals surface area (Å²) in [6.07, 6.45) is 0. The monoisotopic (exact) mass is 312 g/mol. The second-order valence-electron chi connectivity index (χ2n) is 5.47. The minimum absolute atomic E-state index is 0.291. The maximum Gasteiger partial charge on any atom is 0.343 e. The summed E-state index contributed by atoms with van der Waals surface area (Å²) in [6, 6.07) is 0.432. The number of hydrogen-bond donors (Lipinski definition) is 1. The number of piperazine rings is 1. The number of aromatic nitrogens is 1. The van der Waals surface area contributed by atoms with Crippen molar-refractivity contribution in [1.29, 1.82) is 0 Å². The fourth-order valence-electron chi connectivity index (χ4n) is 2.47. The number of nitrogens with one attached hydrogen (secondary N) is 1. The van der Waals surface area contributed by atoms with Gasteiger partial charge in [-0.3, -0.25) is 4.90 Å². The van der Waals surface area contributed by atoms with Gasteiger partial charge >= 0.3 is 5.97 Å². The lowest BCUT2D eigenvalue weighted by atomic mass is 10.2. The lowest BCUT2D eigenvalue weighted by Crippen LogP contribution is -2.52. The van der Waals surface area contributed by atoms with Crippen LogP contribution in [-0.2, 0) is 4.74 Å². The topological polar surface area (TPSA) is 57.7 Å². The number of esters is 1. The molecule has 1 aliphatic heterocycles. The first-order chi connectivity index (χ1) is 10.0. The molecule has 1 aromatic rings. The van der Waals surface area contributed by atoms with E-state index in [4.69, 9.17) is 4.74 Å². The van der Waals surface area contributed by atoms with Gasteiger partial charge in [0.1, 0.15) is 10.6 Å². The number of hydrogen-bond acceptors (Lipinski definition) is 7. The quantitative estimate of drug-likeness (QED) is 0.827. The van der Waals surface area contributed by atoms with Crippen LogP contribution in [0.2, 0.25) is 0 Å². The van der Waals surface area contributed by atoms with Crippen LogP contribution in [0.3, 0.4) is 0 Å². The zero-order valence-electron chi connectivity index (χ0n) is 13.2. The minimum Gasteiger partial charge on any atom is -0.462 e. The third kappa shape index (κ3) is 3.93. The first-order valence-corrected chi connectivity index (χ1v) is 8.06. The number of likely N-dealkylation sites (N-methyl/N-ethyl adjacent to an activating group) is 2. The minimum atomic E-state index is -0.291. The molecule has 1 aliphatic rings. The lowest BCUT2D eigenvalue weighted by Gasteiger charge is -2.37. The Morgan fingerprint density at radius 3 is 2.95 bits per heavy atom. The summed E-state index contributed by atoms with van der Waals surface area (Å²) >= 11 is 1.33. The van der Waals surface area contributed by atoms with E-state index in [1.165, 1.54) is 11.5 Å². The number of aryl methyl sites for hydroxylation is 1. The molecule has 1 atom stereocenters. The van der Waals surface area contributed by atoms with Gasteiger partial charge in [-0.1, -0.05) is 0 Å². The van der Waals surface area contributed by atoms with Crippen LogP contribution in [0.5, 0.6) is 0 Å². The number of anilines is 1. The van der Waals surface area contributed by atoms with Crippen LogP contribution in [0.15, 0.2) is 0 Å². The van der Waals surface area contributed by atoms with E-state index in [1.54, 1.807) is 0 Å². The van der Waals surface area contributed by atoms with Gasteiger partial charge in [0, 0.05) is 32.2 Å². The first kappa shape index (κ1) is 16.2. The van der Waals surface area contributed by atoms with Crippen LogP contribution < -0.4 is 5.32 Å². The van der Waals surface area contributed by atoms with Crippen molar-refractivity contribution in [2.24, 2.45) is 0 Å². The van der Waals surface area contributed by atoms with E-state index in [1.807, 2.05) is 13.8 Å². The highest BCUT2D eigenvalue weighted by molar-refractivity contribution is 7.10. The molecule has 2 heterocycles. The van der Waals surface area contributed by atoms with Crippen molar-refractivity contribution in [3.8, 4) is 0 Å². The number of rotatable bonds is 5. The van der Waals surface area contributed by atoms with Gasteiger partial charge in [-0.15, -0.1) is 0 Å². The molecule has 0 amide bonds. The van der Waals surface area contributed by atoms with Gasteiger partial charge in [0.25, 0.3) is 0 Å². The van der Waals surface area contributed by atoms with Crippen molar-refractivity contribution < 1.29 is 9.53 Å². The Kier molecular flexibility index (Phi) is 5.55. The summed E-state index contributed by atoms with van der Waals surface area (Å²) < 4.78 is 9.38. The molecule has 0 aliphatic carbocycles. The molecule has 2 rings (SSSR count). The molecule has 0 spiro atoms. The zero-order chi connectivity index (χ0) is 15.4. The third-order valence-electron chi connectivity index (χ3n) is 3.82. The van der Waals surface area contributed by atoms with Crippen molar-refractivity contribution in [3.05, 3.63) is 11.3 Å². The van der Waals surface area contributed by atoms with E-state index in [2.05, 4.69) is 33.6 Å². The van der Waals surface area contributed by atoms with E-state index < -0.39 is 0 Å². The smallest absolute Gasteiger partial charge is 0.343 e. The Balaban J connectivity index is 2.01. The summed E-state index contributed by atoms with van der Waals surface area (Å²) in [4.78, 5) is 16.7. The normalized spacial score (nSPS) is 20.5. The summed E-state index contributed by atoms with van der Waals surface area (Å²) in [7, 11) is 4.28. The molecular formula is C14H24N4O2S. The van der Waals surface area contributed by atoms with Crippen LogP contribution in [0, 0.1) is 6.92 Å². The SMILES string of the molecule is CCOC(=O)c1c(C)nsc1NCC1CN(C)CCN1C. The van der Waals surface area contributed by atoms with Gasteiger partial charge in [0.15, 0.2) is 0 Å². The highest BCUT2D eigenvalue weighted by Gasteiger charge is 2.24. The Morgan fingerprint density at radius 2 is 2.24 bits per heavy atom. The molecule has 1 fully saturated rings. The summed E-state index contributed by atoms with van der Waals surface area (Å²) in [6.45, 7) is 8.02. The van der Waals surface area contributed by atoms with Crippen LogP contribution >= 0.6 is 11.5 Å². The average molecular weight is 312 g/mol. The summed E-state index contributed by atoms with van der Waals surface area (Å²) in [5.41, 5.74) is 1.31. The molecule has 21 heavy (non-hydrogen) atoms. The van der Waals surface area contributed by atoms with Crippen molar-refractivity contribution in [1.82, 2.24) is 14.2 Å². The molecule has 118 valence electrons. The van der Waals surface area contributed by atoms with E-state index >= 15 is 0 Å². The Labute approximate surface area is 130 Å². The summed E-state index contributed by atoms with van der Waals surface area (Å²) in [5, 5.41) is 4.19. The molecule has 0 radical (unpaired) electrons. The van der Waals surface area contributed by atoms with E-state index in [0.717, 1.165) is 36.9 Å². The molecular weight excluding hydrogens is 288 g/mol. The van der Waals surface area contributed by atoms with Crippen molar-refractivity contribution >= 4 is 22.5 Å². The molecule has 0 aromatic carbocycles. The highest BCUT2D eigenvalue weighted by Crippen LogP contribution is 2.25. The zero-order valence-corrected chi connectivity index (χ0v) is 14.0. The molecule has 1 unspecified atom stereocenters. The molecule has 1 aromatic heterocycles. The van der Waals surface area contributed by atoms with Gasteiger partial charge in [0.05, 0.1) is 12.3 Å². The molecule has 6 nitrogen and oxygen atoms in total. The predicted octanol–water partition coefficient (Wildman–Crippen LogP) is 1.29. The highest BCUT2D eigenvalue weighted by atomic mass is 32.1. The summed E-state index contributed by atoms with van der Waals surface area (Å²) in [5.74, 6) is -0.291. The number of nitrogens with zero attached hydrogens (tertiary/aromatic N) is 3. The van der Waals surface area contributed by atoms with E-state index in [9.17, 15) is 4.79 Å². The fraction of sp³-hybridized carbons (Fsp3) is 0.714. The Bertz CT molecular complexity index is 491. The van der Waals surface area contributed by atoms with Crippen LogP contribution in [0.1, 0.15) is 23.0 Å². The number of carbonyl (C=O) groups is 1. The Morgan fingerprint density at radius 1 is 1.48 bits per heavy atom. The van der Waals surface area contributed by atoms with Crippen LogP contribution in [-0.4, -0.2) is 73.1 Å². The lowest BCUT2D eigenvalue weighted by molar-refractivity contribution is 0.0527. The maximum absolute atomic E-state index is 12.0. The van der Waals surface area contributed by atoms with Gasteiger partial charge in [-0.25, -0.2) is 4.79 Å². The van der Waals surface area contributed by atoms with Gasteiger partial charge in [-0.2, -0.15) is 4.37 Å². The maximum atomic E-state index is 12.0. The number of carbonyl (C=O) groups excluding carboxylic acids is 1. The van der Waals surface area contributed by atoms with E-state index in [0.29, 0.717) is 18.2 Å². The van der Waals surface area contributed by atoms with Crippen molar-refractivity contribution in [2.75, 3.05) is 52.2 Å². The van der Waals surface area contributed by atoms with Crippen molar-refractivity contribution in [3.63, 3.8) is 0 Å². The number of ether oxygens (including phenoxy) is 1. The first-order valence-electron chi connectivity index (χ1n) is 7.29. The fourth-order valence-corrected chi connectivity index (χ4v) is 3.26. The van der Waals surface area contributed by atoms with Crippen LogP contribution in [0.4, 0.5) is 5.00 Å². The standard InChI is InChI=1S/C14H24N4O2S/c1-5-20-14(19)12-10(2)16-21-13(12)15-8-11-9-17(3)6-7-18(11)4/h11,15H,5-9H2,1-4H3. The molecule has 0 saturated carbocycles. The molecule has 0 bridgehead atoms. The largest absolute Gasteiger partial charge is 0.462 e. The average Bonchev–Trinajstić information content (AvgIpc) is 2.81. The van der Waals surface area contributed by atoms with Crippen molar-refractivity contribution in [2.45, 2.75) is 19.9 Å². The molecule has 1 N–H and O–H groups in total. The molecule has 7 heteroatoms. The Hall–Kier alpha value is -1.18. The predicted molar refractivity (Wildman–Crippen MR) is 85.2 cm³/mol. The molecule has 1 saturated heterocycles.